The lowest BCUT2D eigenvalue weighted by Crippen LogP contribution is -2.10. The van der Waals surface area contributed by atoms with Crippen molar-refractivity contribution in [1.82, 2.24) is 14.5 Å². The van der Waals surface area contributed by atoms with Gasteiger partial charge in [0.25, 0.3) is 0 Å². The summed E-state index contributed by atoms with van der Waals surface area (Å²) in [5, 5.41) is 0. The molecule has 0 amide bonds. The molecule has 0 N–H and O–H groups in total. The third kappa shape index (κ3) is 4.30. The first-order chi connectivity index (χ1) is 18.8. The Hall–Kier alpha value is -3.98. The van der Waals surface area contributed by atoms with Crippen LogP contribution in [0.1, 0.15) is 54.6 Å². The molecule has 0 spiro atoms. The van der Waals surface area contributed by atoms with Crippen molar-refractivity contribution >= 4 is 0 Å². The fraction of sp³-hybridized carbons (Fsp3) is 0.278. The first-order valence-electron chi connectivity index (χ1n) is 14.1. The molecule has 1 saturated carbocycles. The van der Waals surface area contributed by atoms with Gasteiger partial charge < -0.3 is 0 Å². The molecule has 196 valence electrons. The van der Waals surface area contributed by atoms with E-state index in [-0.39, 0.29) is 5.41 Å². The SMILES string of the molecule is CC[C@H]1CC1(C)c1ccc(-c2c(C)cccc2C)cc1-c1nccn1-c1c(C)cc(-c2ccccc2)nc1C. The molecule has 2 atom stereocenters. The van der Waals surface area contributed by atoms with Crippen molar-refractivity contribution in [3.8, 4) is 39.5 Å². The lowest BCUT2D eigenvalue weighted by Gasteiger charge is -2.21. The molecule has 3 heteroatoms. The normalized spacial score (nSPS) is 18.4. The predicted molar refractivity (Wildman–Crippen MR) is 162 cm³/mol. The number of hydrogen-bond acceptors (Lipinski definition) is 2. The van der Waals surface area contributed by atoms with Crippen molar-refractivity contribution < 1.29 is 0 Å². The number of aryl methyl sites for hydroxylation is 4. The average molecular weight is 512 g/mol. The molecule has 6 rings (SSSR count). The Labute approximate surface area is 232 Å². The molecule has 1 unspecified atom stereocenters. The van der Waals surface area contributed by atoms with Crippen LogP contribution >= 0.6 is 0 Å². The minimum atomic E-state index is 0.180. The van der Waals surface area contributed by atoms with Gasteiger partial charge in [-0.1, -0.05) is 80.9 Å². The lowest BCUT2D eigenvalue weighted by molar-refractivity contribution is 0.643. The van der Waals surface area contributed by atoms with E-state index < -0.39 is 0 Å². The van der Waals surface area contributed by atoms with Gasteiger partial charge in [-0.2, -0.15) is 0 Å². The fourth-order valence-electron chi connectivity index (χ4n) is 6.66. The van der Waals surface area contributed by atoms with Crippen LogP contribution in [-0.2, 0) is 5.41 Å². The molecule has 2 aromatic heterocycles. The molecular weight excluding hydrogens is 474 g/mol. The molecule has 0 saturated heterocycles. The highest BCUT2D eigenvalue weighted by atomic mass is 15.1. The average Bonchev–Trinajstić information content (AvgIpc) is 3.37. The summed E-state index contributed by atoms with van der Waals surface area (Å²) >= 11 is 0. The van der Waals surface area contributed by atoms with Crippen molar-refractivity contribution in [2.45, 2.75) is 59.8 Å². The van der Waals surface area contributed by atoms with E-state index in [0.717, 1.165) is 28.5 Å². The zero-order chi connectivity index (χ0) is 27.3. The van der Waals surface area contributed by atoms with Gasteiger partial charge in [0.2, 0.25) is 0 Å². The van der Waals surface area contributed by atoms with Crippen LogP contribution in [0.3, 0.4) is 0 Å². The largest absolute Gasteiger partial charge is 0.298 e. The Balaban J connectivity index is 1.54. The molecular formula is C36H37N3. The monoisotopic (exact) mass is 511 g/mol. The van der Waals surface area contributed by atoms with E-state index in [1.54, 1.807) is 0 Å². The van der Waals surface area contributed by atoms with Gasteiger partial charge in [0.05, 0.1) is 17.1 Å². The van der Waals surface area contributed by atoms with E-state index >= 15 is 0 Å². The number of nitrogens with zero attached hydrogens (tertiary/aromatic N) is 3. The van der Waals surface area contributed by atoms with E-state index in [1.165, 1.54) is 51.8 Å². The zero-order valence-corrected chi connectivity index (χ0v) is 23.9. The number of pyridine rings is 1. The summed E-state index contributed by atoms with van der Waals surface area (Å²) in [6, 6.07) is 26.3. The molecule has 39 heavy (non-hydrogen) atoms. The molecule has 2 heterocycles. The Morgan fingerprint density at radius 3 is 2.26 bits per heavy atom. The van der Waals surface area contributed by atoms with Crippen LogP contribution < -0.4 is 0 Å². The number of aromatic nitrogens is 3. The van der Waals surface area contributed by atoms with Crippen molar-refractivity contribution in [1.29, 1.82) is 0 Å². The first-order valence-corrected chi connectivity index (χ1v) is 14.1. The second-order valence-electron chi connectivity index (χ2n) is 11.5. The highest BCUT2D eigenvalue weighted by Gasteiger charge is 2.51. The second kappa shape index (κ2) is 9.64. The molecule has 1 aliphatic rings. The predicted octanol–water partition coefficient (Wildman–Crippen LogP) is 9.19. The smallest absolute Gasteiger partial charge is 0.144 e. The van der Waals surface area contributed by atoms with E-state index in [0.29, 0.717) is 5.92 Å². The molecule has 1 fully saturated rings. The maximum Gasteiger partial charge on any atom is 0.144 e. The van der Waals surface area contributed by atoms with Gasteiger partial charge >= 0.3 is 0 Å². The first kappa shape index (κ1) is 25.3. The summed E-state index contributed by atoms with van der Waals surface area (Å²) in [4.78, 5) is 10.0. The van der Waals surface area contributed by atoms with Crippen molar-refractivity contribution in [3.05, 3.63) is 113 Å². The Bertz CT molecular complexity index is 1630. The molecule has 5 aromatic rings. The third-order valence-electron chi connectivity index (χ3n) is 8.86. The van der Waals surface area contributed by atoms with Crippen LogP contribution in [0.2, 0.25) is 0 Å². The summed E-state index contributed by atoms with van der Waals surface area (Å²) in [5.74, 6) is 1.70. The van der Waals surface area contributed by atoms with Crippen LogP contribution in [-0.4, -0.2) is 14.5 Å². The second-order valence-corrected chi connectivity index (χ2v) is 11.5. The number of imidazole rings is 1. The van der Waals surface area contributed by atoms with Crippen LogP contribution in [0, 0.1) is 33.6 Å². The van der Waals surface area contributed by atoms with Gasteiger partial charge in [0.1, 0.15) is 5.82 Å². The maximum absolute atomic E-state index is 5.04. The Morgan fingerprint density at radius 1 is 0.846 bits per heavy atom. The summed E-state index contributed by atoms with van der Waals surface area (Å²) in [5.41, 5.74) is 13.4. The third-order valence-corrected chi connectivity index (χ3v) is 8.86. The van der Waals surface area contributed by atoms with Crippen LogP contribution in [0.15, 0.2) is 85.2 Å². The topological polar surface area (TPSA) is 30.7 Å². The Kier molecular flexibility index (Phi) is 6.26. The zero-order valence-electron chi connectivity index (χ0n) is 23.9. The molecule has 0 radical (unpaired) electrons. The highest BCUT2D eigenvalue weighted by Crippen LogP contribution is 2.58. The van der Waals surface area contributed by atoms with E-state index in [4.69, 9.17) is 9.97 Å². The number of rotatable bonds is 6. The van der Waals surface area contributed by atoms with Crippen LogP contribution in [0.4, 0.5) is 0 Å². The molecule has 0 bridgehead atoms. The van der Waals surface area contributed by atoms with Crippen molar-refractivity contribution in [2.24, 2.45) is 5.92 Å². The number of hydrogen-bond donors (Lipinski definition) is 0. The molecule has 3 nitrogen and oxygen atoms in total. The maximum atomic E-state index is 5.04. The van der Waals surface area contributed by atoms with Gasteiger partial charge in [0.15, 0.2) is 0 Å². The number of benzene rings is 3. The highest BCUT2D eigenvalue weighted by molar-refractivity contribution is 5.78. The fourth-order valence-corrected chi connectivity index (χ4v) is 6.66. The van der Waals surface area contributed by atoms with Crippen molar-refractivity contribution in [3.63, 3.8) is 0 Å². The van der Waals surface area contributed by atoms with Gasteiger partial charge in [-0.15, -0.1) is 0 Å². The summed E-state index contributed by atoms with van der Waals surface area (Å²) < 4.78 is 2.26. The lowest BCUT2D eigenvalue weighted by atomic mass is 9.86. The molecule has 0 aliphatic heterocycles. The van der Waals surface area contributed by atoms with Crippen LogP contribution in [0.25, 0.3) is 39.5 Å². The quantitative estimate of drug-likeness (QED) is 0.227. The minimum absolute atomic E-state index is 0.180. The van der Waals surface area contributed by atoms with E-state index in [2.05, 4.69) is 119 Å². The van der Waals surface area contributed by atoms with Gasteiger partial charge in [-0.3, -0.25) is 9.55 Å². The summed E-state index contributed by atoms with van der Waals surface area (Å²) in [7, 11) is 0. The summed E-state index contributed by atoms with van der Waals surface area (Å²) in [6.07, 6.45) is 6.45. The van der Waals surface area contributed by atoms with E-state index in [1.807, 2.05) is 12.3 Å². The summed E-state index contributed by atoms with van der Waals surface area (Å²) in [6.45, 7) is 13.5. The Morgan fingerprint density at radius 2 is 1.59 bits per heavy atom. The molecule has 3 aromatic carbocycles. The van der Waals surface area contributed by atoms with E-state index in [9.17, 15) is 0 Å². The minimum Gasteiger partial charge on any atom is -0.298 e. The van der Waals surface area contributed by atoms with Gasteiger partial charge in [0, 0.05) is 23.5 Å². The van der Waals surface area contributed by atoms with Gasteiger partial charge in [-0.05, 0) is 91.0 Å². The molecule has 1 aliphatic carbocycles. The van der Waals surface area contributed by atoms with Gasteiger partial charge in [-0.25, -0.2) is 4.98 Å². The van der Waals surface area contributed by atoms with Crippen molar-refractivity contribution in [2.75, 3.05) is 0 Å². The van der Waals surface area contributed by atoms with Crippen LogP contribution in [0.5, 0.6) is 0 Å². The standard InChI is InChI=1S/C36H37N3/c1-7-29-22-36(29,6)31-17-16-28(33-23(2)12-11-13-24(33)3)21-30(31)35-37-18-19-39(35)34-25(4)20-32(38-26(34)5)27-14-9-8-10-15-27/h8-21,29H,7,22H2,1-6H3/t29-,36?/m0/s1.